The molecule has 4 rings (SSSR count). The summed E-state index contributed by atoms with van der Waals surface area (Å²) < 4.78 is 5.37. The van der Waals surface area contributed by atoms with Crippen LogP contribution in [0.4, 0.5) is 5.95 Å². The normalized spacial score (nSPS) is 14.8. The number of carbonyl (C=O) groups excluding carboxylic acids is 1. The Labute approximate surface area is 203 Å². The highest BCUT2D eigenvalue weighted by molar-refractivity contribution is 6.30. The second-order valence-corrected chi connectivity index (χ2v) is 9.41. The Balaban J connectivity index is 1.52. The first-order chi connectivity index (χ1) is 16.3. The van der Waals surface area contributed by atoms with Crippen molar-refractivity contribution in [3.8, 4) is 0 Å². The number of aromatic nitrogens is 4. The van der Waals surface area contributed by atoms with Crippen LogP contribution in [0.2, 0.25) is 5.02 Å². The third-order valence-corrected chi connectivity index (χ3v) is 5.68. The van der Waals surface area contributed by atoms with Gasteiger partial charge in [0.25, 0.3) is 5.95 Å². The van der Waals surface area contributed by atoms with E-state index in [1.165, 1.54) is 4.80 Å². The smallest absolute Gasteiger partial charge is 0.365 e. The number of hydrogen-bond donors (Lipinski definition) is 0. The molecule has 3 aromatic rings. The van der Waals surface area contributed by atoms with Crippen molar-refractivity contribution in [3.63, 3.8) is 0 Å². The molecule has 34 heavy (non-hydrogen) atoms. The standard InChI is InChI=1S/C24H27ClN6O3/c1-24(2,3)19-8-4-18(5-9-19)22(32)34-28-21(17-6-10-20(25)11-7-17)16-31-27-23(26-29-31)30-12-14-33-15-13-30/h4-11H,12-16H2,1-3H3/b28-21-. The Morgan fingerprint density at radius 3 is 2.35 bits per heavy atom. The molecule has 0 atom stereocenters. The fourth-order valence-corrected chi connectivity index (χ4v) is 3.52. The van der Waals surface area contributed by atoms with Gasteiger partial charge in [-0.05, 0) is 40.5 Å². The minimum absolute atomic E-state index is 0.00673. The summed E-state index contributed by atoms with van der Waals surface area (Å²) in [5, 5.41) is 17.5. The number of halogens is 1. The molecule has 2 aromatic carbocycles. The van der Waals surface area contributed by atoms with Crippen molar-refractivity contribution in [2.24, 2.45) is 5.16 Å². The van der Waals surface area contributed by atoms with Gasteiger partial charge in [0.2, 0.25) is 0 Å². The fourth-order valence-electron chi connectivity index (χ4n) is 3.40. The van der Waals surface area contributed by atoms with Crippen LogP contribution >= 0.6 is 11.6 Å². The molecule has 0 bridgehead atoms. The maximum absolute atomic E-state index is 12.6. The van der Waals surface area contributed by atoms with Gasteiger partial charge in [0, 0.05) is 23.7 Å². The molecule has 10 heteroatoms. The predicted molar refractivity (Wildman–Crippen MR) is 129 cm³/mol. The van der Waals surface area contributed by atoms with Crippen LogP contribution in [0.1, 0.15) is 42.3 Å². The average Bonchev–Trinajstić information content (AvgIpc) is 3.31. The number of oxime groups is 1. The highest BCUT2D eigenvalue weighted by Gasteiger charge is 2.18. The second kappa shape index (κ2) is 10.3. The van der Waals surface area contributed by atoms with Crippen LogP contribution < -0.4 is 4.90 Å². The summed E-state index contributed by atoms with van der Waals surface area (Å²) in [4.78, 5) is 21.4. The van der Waals surface area contributed by atoms with Crippen LogP contribution in [0.25, 0.3) is 0 Å². The number of ether oxygens (including phenoxy) is 1. The van der Waals surface area contributed by atoms with E-state index in [0.717, 1.165) is 11.1 Å². The van der Waals surface area contributed by atoms with E-state index in [2.05, 4.69) is 41.3 Å². The first-order valence-electron chi connectivity index (χ1n) is 11.0. The van der Waals surface area contributed by atoms with Crippen molar-refractivity contribution >= 4 is 29.2 Å². The molecule has 0 unspecified atom stereocenters. The fraction of sp³-hybridized carbons (Fsp3) is 0.375. The van der Waals surface area contributed by atoms with Crippen molar-refractivity contribution in [2.75, 3.05) is 31.2 Å². The predicted octanol–water partition coefficient (Wildman–Crippen LogP) is 3.72. The molecule has 0 spiro atoms. The molecule has 0 N–H and O–H groups in total. The summed E-state index contributed by atoms with van der Waals surface area (Å²) in [6.07, 6.45) is 0. The first kappa shape index (κ1) is 23.8. The van der Waals surface area contributed by atoms with E-state index in [1.807, 2.05) is 17.0 Å². The molecule has 0 aliphatic carbocycles. The Bertz CT molecular complexity index is 1150. The van der Waals surface area contributed by atoms with E-state index < -0.39 is 5.97 Å². The number of carbonyl (C=O) groups is 1. The van der Waals surface area contributed by atoms with Gasteiger partial charge in [0.05, 0.1) is 18.8 Å². The van der Waals surface area contributed by atoms with Crippen molar-refractivity contribution < 1.29 is 14.4 Å². The molecule has 1 aliphatic rings. The Morgan fingerprint density at radius 2 is 1.71 bits per heavy atom. The topological polar surface area (TPSA) is 94.7 Å². The van der Waals surface area contributed by atoms with Crippen LogP contribution in [0.3, 0.4) is 0 Å². The maximum Gasteiger partial charge on any atom is 0.365 e. The van der Waals surface area contributed by atoms with Crippen LogP contribution in [0.15, 0.2) is 53.7 Å². The zero-order valence-corrected chi connectivity index (χ0v) is 20.2. The van der Waals surface area contributed by atoms with Crippen LogP contribution in [-0.2, 0) is 21.5 Å². The highest BCUT2D eigenvalue weighted by atomic mass is 35.5. The number of rotatable bonds is 6. The van der Waals surface area contributed by atoms with Gasteiger partial charge in [0.1, 0.15) is 12.3 Å². The van der Waals surface area contributed by atoms with E-state index in [1.54, 1.807) is 36.4 Å². The monoisotopic (exact) mass is 482 g/mol. The Morgan fingerprint density at radius 1 is 1.06 bits per heavy atom. The molecular weight excluding hydrogens is 456 g/mol. The molecule has 2 heterocycles. The Kier molecular flexibility index (Phi) is 7.23. The average molecular weight is 483 g/mol. The molecule has 178 valence electrons. The molecule has 0 amide bonds. The van der Waals surface area contributed by atoms with Gasteiger partial charge in [-0.1, -0.05) is 66.9 Å². The van der Waals surface area contributed by atoms with Gasteiger partial charge >= 0.3 is 5.97 Å². The van der Waals surface area contributed by atoms with Gasteiger partial charge in [0.15, 0.2) is 0 Å². The summed E-state index contributed by atoms with van der Waals surface area (Å²) >= 11 is 6.04. The molecule has 0 saturated carbocycles. The summed E-state index contributed by atoms with van der Waals surface area (Å²) in [7, 11) is 0. The lowest BCUT2D eigenvalue weighted by molar-refractivity contribution is 0.0515. The van der Waals surface area contributed by atoms with Crippen LogP contribution in [0, 0.1) is 0 Å². The number of morpholine rings is 1. The van der Waals surface area contributed by atoms with E-state index in [4.69, 9.17) is 21.2 Å². The number of tetrazole rings is 1. The van der Waals surface area contributed by atoms with Gasteiger partial charge in [-0.3, -0.25) is 0 Å². The minimum Gasteiger partial charge on any atom is -0.378 e. The zero-order chi connectivity index (χ0) is 24.1. The molecule has 1 aromatic heterocycles. The molecular formula is C24H27ClN6O3. The quantitative estimate of drug-likeness (QED) is 0.300. The van der Waals surface area contributed by atoms with E-state index in [9.17, 15) is 4.79 Å². The number of nitrogens with zero attached hydrogens (tertiary/aromatic N) is 6. The summed E-state index contributed by atoms with van der Waals surface area (Å²) in [6, 6.07) is 14.4. The maximum atomic E-state index is 12.6. The summed E-state index contributed by atoms with van der Waals surface area (Å²) in [5.74, 6) is -0.0258. The lowest BCUT2D eigenvalue weighted by atomic mass is 9.87. The molecule has 9 nitrogen and oxygen atoms in total. The van der Waals surface area contributed by atoms with Gasteiger partial charge in [-0.25, -0.2) is 4.79 Å². The number of anilines is 1. The SMILES string of the molecule is CC(C)(C)c1ccc(C(=O)O/N=C(/Cn2nnc(N3CCOCC3)n2)c2ccc(Cl)cc2)cc1. The summed E-state index contributed by atoms with van der Waals surface area (Å²) in [5.41, 5.74) is 2.73. The highest BCUT2D eigenvalue weighted by Crippen LogP contribution is 2.22. The number of benzene rings is 2. The third kappa shape index (κ3) is 5.98. The van der Waals surface area contributed by atoms with Gasteiger partial charge < -0.3 is 14.5 Å². The van der Waals surface area contributed by atoms with Crippen molar-refractivity contribution in [1.82, 2.24) is 20.2 Å². The minimum atomic E-state index is -0.549. The van der Waals surface area contributed by atoms with Gasteiger partial charge in [-0.2, -0.15) is 4.80 Å². The lowest BCUT2D eigenvalue weighted by Gasteiger charge is -2.24. The second-order valence-electron chi connectivity index (χ2n) is 8.97. The van der Waals surface area contributed by atoms with Crippen molar-refractivity contribution in [2.45, 2.75) is 32.7 Å². The third-order valence-electron chi connectivity index (χ3n) is 5.43. The molecule has 1 fully saturated rings. The van der Waals surface area contributed by atoms with Gasteiger partial charge in [-0.15, -0.1) is 5.10 Å². The largest absolute Gasteiger partial charge is 0.378 e. The van der Waals surface area contributed by atoms with Crippen molar-refractivity contribution in [1.29, 1.82) is 0 Å². The molecule has 0 radical (unpaired) electrons. The Hall–Kier alpha value is -3.30. The van der Waals surface area contributed by atoms with Crippen LogP contribution in [0.5, 0.6) is 0 Å². The molecule has 1 aliphatic heterocycles. The van der Waals surface area contributed by atoms with E-state index >= 15 is 0 Å². The zero-order valence-electron chi connectivity index (χ0n) is 19.4. The van der Waals surface area contributed by atoms with Crippen molar-refractivity contribution in [3.05, 3.63) is 70.2 Å². The molecule has 1 saturated heterocycles. The first-order valence-corrected chi connectivity index (χ1v) is 11.4. The number of hydrogen-bond acceptors (Lipinski definition) is 8. The van der Waals surface area contributed by atoms with Crippen LogP contribution in [-0.4, -0.2) is 58.2 Å². The lowest BCUT2D eigenvalue weighted by Crippen LogP contribution is -2.37. The van der Waals surface area contributed by atoms with E-state index in [-0.39, 0.29) is 12.0 Å². The summed E-state index contributed by atoms with van der Waals surface area (Å²) in [6.45, 7) is 9.17. The van der Waals surface area contributed by atoms with E-state index in [0.29, 0.717) is 48.5 Å².